The van der Waals surface area contributed by atoms with Crippen molar-refractivity contribution < 1.29 is 9.84 Å². The quantitative estimate of drug-likeness (QED) is 0.713. The van der Waals surface area contributed by atoms with Gasteiger partial charge < -0.3 is 15.2 Å². The fourth-order valence-corrected chi connectivity index (χ4v) is 1.87. The molecule has 0 heterocycles. The van der Waals surface area contributed by atoms with Crippen LogP contribution in [0.1, 0.15) is 19.4 Å². The number of rotatable bonds is 8. The lowest BCUT2D eigenvalue weighted by atomic mass is 10.1. The number of hydrogen-bond donors (Lipinski definition) is 2. The molecule has 0 aliphatic carbocycles. The highest BCUT2D eigenvalue weighted by Crippen LogP contribution is 2.10. The van der Waals surface area contributed by atoms with E-state index in [2.05, 4.69) is 5.32 Å². The van der Waals surface area contributed by atoms with Crippen LogP contribution < -0.4 is 5.32 Å². The number of nitrogens with one attached hydrogen (secondary N) is 1. The molecule has 0 amide bonds. The van der Waals surface area contributed by atoms with Gasteiger partial charge in [-0.3, -0.25) is 0 Å². The van der Waals surface area contributed by atoms with Gasteiger partial charge >= 0.3 is 0 Å². The summed E-state index contributed by atoms with van der Waals surface area (Å²) in [7, 11) is 0. The van der Waals surface area contributed by atoms with E-state index in [1.165, 1.54) is 5.56 Å². The molecule has 0 aliphatic rings. The summed E-state index contributed by atoms with van der Waals surface area (Å²) in [5.41, 5.74) is 0.379. The molecule has 0 fully saturated rings. The third kappa shape index (κ3) is 6.36. The van der Waals surface area contributed by atoms with Gasteiger partial charge in [-0.1, -0.05) is 23.7 Å². The Morgan fingerprint density at radius 2 is 2.22 bits per heavy atom. The summed E-state index contributed by atoms with van der Waals surface area (Å²) in [4.78, 5) is 0. The van der Waals surface area contributed by atoms with Gasteiger partial charge in [0, 0.05) is 18.2 Å². The average Bonchev–Trinajstić information content (AvgIpc) is 2.32. The molecule has 1 aromatic rings. The highest BCUT2D eigenvalue weighted by molar-refractivity contribution is 6.30. The third-order valence-electron chi connectivity index (χ3n) is 2.60. The van der Waals surface area contributed by atoms with Crippen LogP contribution in [-0.4, -0.2) is 37.0 Å². The molecule has 0 bridgehead atoms. The molecule has 0 aliphatic heterocycles. The number of hydrogen-bond acceptors (Lipinski definition) is 3. The normalized spacial score (nSPS) is 14.4. The molecule has 102 valence electrons. The predicted molar refractivity (Wildman–Crippen MR) is 75.1 cm³/mol. The van der Waals surface area contributed by atoms with Crippen LogP contribution in [0.15, 0.2) is 24.3 Å². The zero-order chi connectivity index (χ0) is 13.4. The summed E-state index contributed by atoms with van der Waals surface area (Å²) in [5, 5.41) is 14.0. The van der Waals surface area contributed by atoms with E-state index < -0.39 is 5.60 Å². The van der Waals surface area contributed by atoms with E-state index in [0.29, 0.717) is 19.8 Å². The molecule has 18 heavy (non-hydrogen) atoms. The number of benzene rings is 1. The molecule has 0 spiro atoms. The van der Waals surface area contributed by atoms with E-state index in [-0.39, 0.29) is 0 Å². The zero-order valence-electron chi connectivity index (χ0n) is 11.1. The maximum atomic E-state index is 9.98. The first-order valence-electron chi connectivity index (χ1n) is 6.29. The van der Waals surface area contributed by atoms with Gasteiger partial charge in [0.1, 0.15) is 0 Å². The second-order valence-electron chi connectivity index (χ2n) is 4.69. The monoisotopic (exact) mass is 271 g/mol. The maximum Gasteiger partial charge on any atom is 0.0975 e. The Balaban J connectivity index is 2.22. The summed E-state index contributed by atoms with van der Waals surface area (Å²) >= 11 is 5.91. The smallest absolute Gasteiger partial charge is 0.0975 e. The Bertz CT molecular complexity index is 355. The molecule has 0 saturated carbocycles. The summed E-state index contributed by atoms with van der Waals surface area (Å²) < 4.78 is 5.22. The summed E-state index contributed by atoms with van der Waals surface area (Å²) in [6.45, 7) is 6.00. The molecule has 1 aromatic carbocycles. The van der Waals surface area contributed by atoms with Crippen molar-refractivity contribution in [2.75, 3.05) is 26.3 Å². The lowest BCUT2D eigenvalue weighted by Gasteiger charge is -2.23. The molecule has 1 rings (SSSR count). The fourth-order valence-electron chi connectivity index (χ4n) is 1.66. The molecule has 1 unspecified atom stereocenters. The first-order valence-corrected chi connectivity index (χ1v) is 6.66. The van der Waals surface area contributed by atoms with Crippen LogP contribution in [0.2, 0.25) is 5.02 Å². The van der Waals surface area contributed by atoms with Crippen LogP contribution >= 0.6 is 11.6 Å². The van der Waals surface area contributed by atoms with Gasteiger partial charge in [0.25, 0.3) is 0 Å². The Morgan fingerprint density at radius 1 is 1.44 bits per heavy atom. The Hall–Kier alpha value is -0.610. The van der Waals surface area contributed by atoms with Crippen LogP contribution in [0.25, 0.3) is 0 Å². The Kier molecular flexibility index (Phi) is 6.65. The minimum Gasteiger partial charge on any atom is -0.386 e. The van der Waals surface area contributed by atoms with E-state index in [1.807, 2.05) is 31.2 Å². The molecule has 0 aromatic heterocycles. The van der Waals surface area contributed by atoms with Crippen molar-refractivity contribution in [2.24, 2.45) is 0 Å². The molecule has 4 heteroatoms. The van der Waals surface area contributed by atoms with Gasteiger partial charge in [0.05, 0.1) is 12.2 Å². The van der Waals surface area contributed by atoms with Crippen LogP contribution in [0.4, 0.5) is 0 Å². The summed E-state index contributed by atoms with van der Waals surface area (Å²) in [6.07, 6.45) is 0.894. The second kappa shape index (κ2) is 7.74. The van der Waals surface area contributed by atoms with Crippen molar-refractivity contribution in [1.82, 2.24) is 5.32 Å². The average molecular weight is 272 g/mol. The van der Waals surface area contributed by atoms with E-state index in [9.17, 15) is 5.11 Å². The SMILES string of the molecule is CCOCC(C)(O)CNCCc1cccc(Cl)c1. The molecule has 0 radical (unpaired) electrons. The van der Waals surface area contributed by atoms with E-state index in [0.717, 1.165) is 18.0 Å². The molecular weight excluding hydrogens is 250 g/mol. The molecule has 2 N–H and O–H groups in total. The zero-order valence-corrected chi connectivity index (χ0v) is 11.8. The number of aliphatic hydroxyl groups is 1. The van der Waals surface area contributed by atoms with Gasteiger partial charge in [-0.25, -0.2) is 0 Å². The van der Waals surface area contributed by atoms with E-state index in [4.69, 9.17) is 16.3 Å². The van der Waals surface area contributed by atoms with Crippen molar-refractivity contribution in [3.63, 3.8) is 0 Å². The highest BCUT2D eigenvalue weighted by atomic mass is 35.5. The van der Waals surface area contributed by atoms with E-state index >= 15 is 0 Å². The fraction of sp³-hybridized carbons (Fsp3) is 0.571. The first kappa shape index (κ1) is 15.4. The highest BCUT2D eigenvalue weighted by Gasteiger charge is 2.19. The summed E-state index contributed by atoms with van der Waals surface area (Å²) in [6, 6.07) is 7.82. The van der Waals surface area contributed by atoms with Gasteiger partial charge in [-0.05, 0) is 44.5 Å². The topological polar surface area (TPSA) is 41.5 Å². The minimum absolute atomic E-state index is 0.355. The van der Waals surface area contributed by atoms with Crippen molar-refractivity contribution in [3.05, 3.63) is 34.9 Å². The number of halogens is 1. The molecule has 3 nitrogen and oxygen atoms in total. The number of ether oxygens (including phenoxy) is 1. The van der Waals surface area contributed by atoms with Crippen molar-refractivity contribution in [2.45, 2.75) is 25.9 Å². The van der Waals surface area contributed by atoms with E-state index in [1.54, 1.807) is 6.92 Å². The lowest BCUT2D eigenvalue weighted by molar-refractivity contribution is -0.0287. The van der Waals surface area contributed by atoms with Crippen molar-refractivity contribution in [1.29, 1.82) is 0 Å². The molecule has 1 atom stereocenters. The van der Waals surface area contributed by atoms with Crippen LogP contribution in [0.5, 0.6) is 0 Å². The van der Waals surface area contributed by atoms with Crippen LogP contribution in [0, 0.1) is 0 Å². The third-order valence-corrected chi connectivity index (χ3v) is 2.84. The Morgan fingerprint density at radius 3 is 2.89 bits per heavy atom. The lowest BCUT2D eigenvalue weighted by Crippen LogP contribution is -2.42. The molecular formula is C14H22ClNO2. The standard InChI is InChI=1S/C14H22ClNO2/c1-3-18-11-14(2,17)10-16-8-7-12-5-4-6-13(15)9-12/h4-6,9,16-17H,3,7-8,10-11H2,1-2H3. The van der Waals surface area contributed by atoms with Gasteiger partial charge in [0.15, 0.2) is 0 Å². The van der Waals surface area contributed by atoms with Crippen molar-refractivity contribution in [3.8, 4) is 0 Å². The maximum absolute atomic E-state index is 9.98. The minimum atomic E-state index is -0.815. The molecule has 0 saturated heterocycles. The van der Waals surface area contributed by atoms with Crippen LogP contribution in [0.3, 0.4) is 0 Å². The second-order valence-corrected chi connectivity index (χ2v) is 5.13. The van der Waals surface area contributed by atoms with Crippen LogP contribution in [-0.2, 0) is 11.2 Å². The first-order chi connectivity index (χ1) is 8.53. The van der Waals surface area contributed by atoms with Gasteiger partial charge in [0.2, 0.25) is 0 Å². The van der Waals surface area contributed by atoms with Crippen molar-refractivity contribution >= 4 is 11.6 Å². The Labute approximate surface area is 114 Å². The van der Waals surface area contributed by atoms with Gasteiger partial charge in [-0.2, -0.15) is 0 Å². The predicted octanol–water partition coefficient (Wildman–Crippen LogP) is 2.26. The largest absolute Gasteiger partial charge is 0.386 e. The van der Waals surface area contributed by atoms with Gasteiger partial charge in [-0.15, -0.1) is 0 Å². The summed E-state index contributed by atoms with van der Waals surface area (Å²) in [5.74, 6) is 0.